The first kappa shape index (κ1) is 46.5. The van der Waals surface area contributed by atoms with Gasteiger partial charge < -0.3 is 16.0 Å². The highest BCUT2D eigenvalue weighted by molar-refractivity contribution is 6.00. The smallest absolute Gasteiger partial charge is 0.248 e. The lowest BCUT2D eigenvalue weighted by Gasteiger charge is -2.04. The van der Waals surface area contributed by atoms with E-state index >= 15 is 0 Å². The summed E-state index contributed by atoms with van der Waals surface area (Å²) in [6.45, 7) is 12.3. The summed E-state index contributed by atoms with van der Waals surface area (Å²) in [4.78, 5) is 34.5. The van der Waals surface area contributed by atoms with E-state index < -0.39 is 0 Å². The molecule has 3 rings (SSSR count). The van der Waals surface area contributed by atoms with E-state index in [-0.39, 0.29) is 17.7 Å². The summed E-state index contributed by atoms with van der Waals surface area (Å²) < 4.78 is 0. The summed E-state index contributed by atoms with van der Waals surface area (Å²) in [5.41, 5.74) is 6.47. The third-order valence-corrected chi connectivity index (χ3v) is 7.77. The molecule has 0 aliphatic carbocycles. The minimum absolute atomic E-state index is 0.102. The average molecular weight is 730 g/mol. The molecule has 6 nitrogen and oxygen atoms in total. The van der Waals surface area contributed by atoms with Gasteiger partial charge in [-0.15, -0.1) is 0 Å². The maximum Gasteiger partial charge on any atom is 0.248 e. The standard InChI is InChI=1S/3C16H21NO/c3*1-3-5-7-9-16(18)17-15-12-10-14(11-13-15)8-6-4-2/h3*3,5,7,9-13H,4,6,8H2,1-2H3,(H,17,18)/b3*5-3+,9-7+. The lowest BCUT2D eigenvalue weighted by Crippen LogP contribution is -2.07. The van der Waals surface area contributed by atoms with E-state index in [0.29, 0.717) is 0 Å². The molecule has 3 N–H and O–H groups in total. The molecule has 0 aliphatic rings. The van der Waals surface area contributed by atoms with Crippen LogP contribution in [-0.2, 0) is 33.6 Å². The molecule has 0 saturated carbocycles. The molecule has 0 heterocycles. The summed E-state index contributed by atoms with van der Waals surface area (Å²) in [5.74, 6) is -0.307. The van der Waals surface area contributed by atoms with E-state index in [4.69, 9.17) is 0 Å². The zero-order valence-corrected chi connectivity index (χ0v) is 33.4. The molecular weight excluding hydrogens is 667 g/mol. The third-order valence-electron chi connectivity index (χ3n) is 7.77. The van der Waals surface area contributed by atoms with Gasteiger partial charge in [0.2, 0.25) is 17.7 Å². The number of nitrogens with one attached hydrogen (secondary N) is 3. The van der Waals surface area contributed by atoms with Crippen LogP contribution in [0.4, 0.5) is 17.1 Å². The van der Waals surface area contributed by atoms with E-state index in [1.807, 2.05) is 93.6 Å². The van der Waals surface area contributed by atoms with Gasteiger partial charge in [-0.3, -0.25) is 14.4 Å². The molecule has 0 radical (unpaired) electrons. The topological polar surface area (TPSA) is 87.3 Å². The average Bonchev–Trinajstić information content (AvgIpc) is 3.18. The number of unbranched alkanes of at least 4 members (excludes halogenated alkanes) is 3. The van der Waals surface area contributed by atoms with Crippen LogP contribution in [0.2, 0.25) is 0 Å². The Morgan fingerprint density at radius 3 is 0.852 bits per heavy atom. The van der Waals surface area contributed by atoms with Crippen LogP contribution >= 0.6 is 0 Å². The molecule has 0 fully saturated rings. The van der Waals surface area contributed by atoms with Crippen molar-refractivity contribution in [2.45, 2.75) is 99.3 Å². The molecule has 3 aromatic carbocycles. The predicted molar refractivity (Wildman–Crippen MR) is 233 cm³/mol. The molecule has 0 unspecified atom stereocenters. The van der Waals surface area contributed by atoms with Crippen molar-refractivity contribution in [3.05, 3.63) is 162 Å². The first-order chi connectivity index (χ1) is 26.3. The van der Waals surface area contributed by atoms with Crippen molar-refractivity contribution in [1.29, 1.82) is 0 Å². The quantitative estimate of drug-likeness (QED) is 0.0900. The van der Waals surface area contributed by atoms with Crippen LogP contribution in [-0.4, -0.2) is 17.7 Å². The summed E-state index contributed by atoms with van der Waals surface area (Å²) in [5, 5.41) is 8.47. The van der Waals surface area contributed by atoms with E-state index in [0.717, 1.165) is 36.3 Å². The number of amides is 3. The number of carbonyl (C=O) groups is 3. The molecule has 6 heteroatoms. The van der Waals surface area contributed by atoms with Crippen LogP contribution in [0.3, 0.4) is 0 Å². The molecule has 0 atom stereocenters. The number of hydrogen-bond donors (Lipinski definition) is 3. The zero-order chi connectivity index (χ0) is 39.7. The zero-order valence-electron chi connectivity index (χ0n) is 33.4. The molecule has 3 amide bonds. The van der Waals surface area contributed by atoms with Crippen LogP contribution in [0.1, 0.15) is 96.8 Å². The number of anilines is 3. The second-order valence-electron chi connectivity index (χ2n) is 12.5. The fourth-order valence-electron chi connectivity index (χ4n) is 4.72. The van der Waals surface area contributed by atoms with E-state index in [1.165, 1.54) is 73.4 Å². The number of carbonyl (C=O) groups excluding carboxylic acids is 3. The Hall–Kier alpha value is -5.49. The van der Waals surface area contributed by atoms with Crippen molar-refractivity contribution in [2.75, 3.05) is 16.0 Å². The van der Waals surface area contributed by atoms with E-state index in [1.54, 1.807) is 18.2 Å². The first-order valence-electron chi connectivity index (χ1n) is 19.4. The lowest BCUT2D eigenvalue weighted by molar-refractivity contribution is -0.112. The molecular formula is C48H63N3O3. The van der Waals surface area contributed by atoms with Crippen molar-refractivity contribution in [2.24, 2.45) is 0 Å². The van der Waals surface area contributed by atoms with Gasteiger partial charge >= 0.3 is 0 Å². The van der Waals surface area contributed by atoms with Crippen LogP contribution < -0.4 is 16.0 Å². The van der Waals surface area contributed by atoms with Gasteiger partial charge in [0, 0.05) is 35.3 Å². The van der Waals surface area contributed by atoms with Crippen molar-refractivity contribution in [3.63, 3.8) is 0 Å². The molecule has 0 aliphatic heterocycles. The van der Waals surface area contributed by atoms with Gasteiger partial charge in [-0.25, -0.2) is 0 Å². The number of rotatable bonds is 18. The van der Waals surface area contributed by atoms with Gasteiger partial charge in [0.1, 0.15) is 0 Å². The second kappa shape index (κ2) is 31.1. The fraction of sp³-hybridized carbons (Fsp3) is 0.312. The first-order valence-corrected chi connectivity index (χ1v) is 19.4. The molecule has 0 bridgehead atoms. The monoisotopic (exact) mass is 729 g/mol. The van der Waals surface area contributed by atoms with Crippen molar-refractivity contribution < 1.29 is 14.4 Å². The molecule has 54 heavy (non-hydrogen) atoms. The summed E-state index contributed by atoms with van der Waals surface area (Å²) in [6, 6.07) is 24.1. The maximum atomic E-state index is 11.5. The van der Waals surface area contributed by atoms with E-state index in [2.05, 4.69) is 73.1 Å². The second-order valence-corrected chi connectivity index (χ2v) is 12.5. The van der Waals surface area contributed by atoms with Crippen molar-refractivity contribution in [1.82, 2.24) is 0 Å². The van der Waals surface area contributed by atoms with Gasteiger partial charge in [0.15, 0.2) is 0 Å². The highest BCUT2D eigenvalue weighted by Crippen LogP contribution is 2.14. The van der Waals surface area contributed by atoms with Crippen LogP contribution in [0.15, 0.2) is 146 Å². The molecule has 3 aromatic rings. The molecule has 0 aromatic heterocycles. The number of hydrogen-bond acceptors (Lipinski definition) is 3. The van der Waals surface area contributed by atoms with Gasteiger partial charge in [0.25, 0.3) is 0 Å². The molecule has 0 spiro atoms. The fourth-order valence-corrected chi connectivity index (χ4v) is 4.72. The number of benzene rings is 3. The van der Waals surface area contributed by atoms with E-state index in [9.17, 15) is 14.4 Å². The molecule has 288 valence electrons. The third kappa shape index (κ3) is 23.9. The Morgan fingerprint density at radius 2 is 0.648 bits per heavy atom. The number of allylic oxidation sites excluding steroid dienone is 9. The Labute approximate surface area is 326 Å². The van der Waals surface area contributed by atoms with Gasteiger partial charge in [-0.05, 0) is 112 Å². The largest absolute Gasteiger partial charge is 0.323 e. The Morgan fingerprint density at radius 1 is 0.407 bits per heavy atom. The Balaban J connectivity index is 0.000000405. The molecule has 0 saturated heterocycles. The minimum atomic E-state index is -0.102. The van der Waals surface area contributed by atoms with Crippen molar-refractivity contribution >= 4 is 34.8 Å². The lowest BCUT2D eigenvalue weighted by atomic mass is 10.1. The summed E-state index contributed by atoms with van der Waals surface area (Å²) >= 11 is 0. The highest BCUT2D eigenvalue weighted by atomic mass is 16.2. The van der Waals surface area contributed by atoms with Crippen molar-refractivity contribution in [3.8, 4) is 0 Å². The predicted octanol–water partition coefficient (Wildman–Crippen LogP) is 12.3. The van der Waals surface area contributed by atoms with Crippen LogP contribution in [0.25, 0.3) is 0 Å². The van der Waals surface area contributed by atoms with Gasteiger partial charge in [-0.1, -0.05) is 131 Å². The van der Waals surface area contributed by atoms with Crippen LogP contribution in [0.5, 0.6) is 0 Å². The van der Waals surface area contributed by atoms with Gasteiger partial charge in [0.05, 0.1) is 0 Å². The summed E-state index contributed by atoms with van der Waals surface area (Å²) in [6.07, 6.45) is 31.4. The minimum Gasteiger partial charge on any atom is -0.323 e. The number of aryl methyl sites for hydroxylation is 3. The highest BCUT2D eigenvalue weighted by Gasteiger charge is 2.00. The SMILES string of the molecule is C/C=C/C=C/C(=O)Nc1ccc(CCCC)cc1.C/C=C/C=C/C(=O)Nc1ccc(CCCC)cc1.C/C=C/C=C/C(=O)Nc1ccc(CCCC)cc1. The Bertz CT molecular complexity index is 1440. The normalized spacial score (nSPS) is 11.2. The Kier molecular flexibility index (Phi) is 26.8. The van der Waals surface area contributed by atoms with Gasteiger partial charge in [-0.2, -0.15) is 0 Å². The maximum absolute atomic E-state index is 11.5. The van der Waals surface area contributed by atoms with Crippen LogP contribution in [0, 0.1) is 0 Å². The summed E-state index contributed by atoms with van der Waals surface area (Å²) in [7, 11) is 0.